The molecule has 2 amide bonds. The second kappa shape index (κ2) is 8.37. The standard InChI is InChI=1S/C16H23N3O6S/c1-3-25-16(21)18-13-10-12(4-5-14(13)24-2)26(22,23)19-8-6-11(7-9-19)15(17)20/h4-5,10-11H,3,6-9H2,1-2H3,(H2,17,20)(H,18,21). The first-order chi connectivity index (χ1) is 12.3. The van der Waals surface area contributed by atoms with Gasteiger partial charge in [0.15, 0.2) is 0 Å². The lowest BCUT2D eigenvalue weighted by Gasteiger charge is -2.29. The van der Waals surface area contributed by atoms with Crippen molar-refractivity contribution in [3.8, 4) is 5.75 Å². The van der Waals surface area contributed by atoms with Gasteiger partial charge in [-0.05, 0) is 38.0 Å². The molecule has 1 heterocycles. The first-order valence-corrected chi connectivity index (χ1v) is 9.64. The third-order valence-electron chi connectivity index (χ3n) is 4.18. The van der Waals surface area contributed by atoms with Crippen molar-refractivity contribution >= 4 is 27.7 Å². The highest BCUT2D eigenvalue weighted by atomic mass is 32.2. The summed E-state index contributed by atoms with van der Waals surface area (Å²) >= 11 is 0. The second-order valence-electron chi connectivity index (χ2n) is 5.79. The fraction of sp³-hybridized carbons (Fsp3) is 0.500. The summed E-state index contributed by atoms with van der Waals surface area (Å²) in [6.07, 6.45) is 0.0692. The van der Waals surface area contributed by atoms with Gasteiger partial charge in [-0.2, -0.15) is 4.31 Å². The van der Waals surface area contributed by atoms with E-state index < -0.39 is 22.0 Å². The summed E-state index contributed by atoms with van der Waals surface area (Å²) in [5.41, 5.74) is 5.48. The number of anilines is 1. The van der Waals surface area contributed by atoms with Gasteiger partial charge in [-0.1, -0.05) is 0 Å². The summed E-state index contributed by atoms with van der Waals surface area (Å²) in [5, 5.41) is 2.47. The lowest BCUT2D eigenvalue weighted by Crippen LogP contribution is -2.41. The van der Waals surface area contributed by atoms with Gasteiger partial charge in [0.2, 0.25) is 15.9 Å². The van der Waals surface area contributed by atoms with Crippen LogP contribution in [0, 0.1) is 5.92 Å². The summed E-state index contributed by atoms with van der Waals surface area (Å²) in [6.45, 7) is 2.26. The zero-order valence-corrected chi connectivity index (χ0v) is 15.5. The maximum absolute atomic E-state index is 12.9. The van der Waals surface area contributed by atoms with Gasteiger partial charge in [-0.15, -0.1) is 0 Å². The second-order valence-corrected chi connectivity index (χ2v) is 7.73. The number of rotatable bonds is 6. The van der Waals surface area contributed by atoms with Gasteiger partial charge >= 0.3 is 6.09 Å². The number of nitrogens with two attached hydrogens (primary N) is 1. The zero-order valence-electron chi connectivity index (χ0n) is 14.7. The van der Waals surface area contributed by atoms with Crippen molar-refractivity contribution in [2.45, 2.75) is 24.7 Å². The normalized spacial score (nSPS) is 16.1. The molecule has 144 valence electrons. The Labute approximate surface area is 152 Å². The molecule has 3 N–H and O–H groups in total. The highest BCUT2D eigenvalue weighted by molar-refractivity contribution is 7.89. The molecule has 1 aromatic rings. The molecule has 0 unspecified atom stereocenters. The monoisotopic (exact) mass is 385 g/mol. The summed E-state index contributed by atoms with van der Waals surface area (Å²) in [7, 11) is -2.36. The molecule has 0 aromatic heterocycles. The van der Waals surface area contributed by atoms with Gasteiger partial charge in [-0.3, -0.25) is 10.1 Å². The average molecular weight is 385 g/mol. The van der Waals surface area contributed by atoms with Gasteiger partial charge in [0.1, 0.15) is 5.75 Å². The number of sulfonamides is 1. The molecule has 1 aromatic carbocycles. The summed E-state index contributed by atoms with van der Waals surface area (Å²) in [4.78, 5) is 22.9. The van der Waals surface area contributed by atoms with E-state index in [-0.39, 0.29) is 36.2 Å². The molecule has 1 fully saturated rings. The Morgan fingerprint density at radius 1 is 1.31 bits per heavy atom. The Hall–Kier alpha value is -2.33. The smallest absolute Gasteiger partial charge is 0.411 e. The van der Waals surface area contributed by atoms with E-state index in [1.807, 2.05) is 0 Å². The maximum Gasteiger partial charge on any atom is 0.411 e. The molecular weight excluding hydrogens is 362 g/mol. The van der Waals surface area contributed by atoms with Crippen LogP contribution in [0.2, 0.25) is 0 Å². The van der Waals surface area contributed by atoms with Gasteiger partial charge in [0.25, 0.3) is 0 Å². The van der Waals surface area contributed by atoms with Crippen LogP contribution in [0.25, 0.3) is 0 Å². The van der Waals surface area contributed by atoms with Crippen LogP contribution in [0.3, 0.4) is 0 Å². The third-order valence-corrected chi connectivity index (χ3v) is 6.07. The number of carbonyl (C=O) groups is 2. The van der Waals surface area contributed by atoms with Crippen LogP contribution in [-0.2, 0) is 19.6 Å². The number of carbonyl (C=O) groups excluding carboxylic acids is 2. The molecule has 0 saturated carbocycles. The fourth-order valence-electron chi connectivity index (χ4n) is 2.75. The van der Waals surface area contributed by atoms with Gasteiger partial charge < -0.3 is 15.2 Å². The van der Waals surface area contributed by atoms with Crippen molar-refractivity contribution in [1.29, 1.82) is 0 Å². The van der Waals surface area contributed by atoms with E-state index in [2.05, 4.69) is 5.32 Å². The topological polar surface area (TPSA) is 128 Å². The van der Waals surface area contributed by atoms with Gasteiger partial charge in [-0.25, -0.2) is 13.2 Å². The van der Waals surface area contributed by atoms with Crippen LogP contribution in [0.5, 0.6) is 5.75 Å². The molecule has 9 nitrogen and oxygen atoms in total. The van der Waals surface area contributed by atoms with E-state index in [0.717, 1.165) is 0 Å². The molecule has 0 radical (unpaired) electrons. The Morgan fingerprint density at radius 2 is 1.96 bits per heavy atom. The molecule has 10 heteroatoms. The molecule has 1 saturated heterocycles. The minimum Gasteiger partial charge on any atom is -0.495 e. The first kappa shape index (κ1) is 20.0. The number of amides is 2. The number of nitrogens with one attached hydrogen (secondary N) is 1. The average Bonchev–Trinajstić information content (AvgIpc) is 2.61. The number of methoxy groups -OCH3 is 1. The van der Waals surface area contributed by atoms with Crippen LogP contribution in [-0.4, -0.2) is 51.5 Å². The number of ether oxygens (including phenoxy) is 2. The highest BCUT2D eigenvalue weighted by Gasteiger charge is 2.31. The van der Waals surface area contributed by atoms with Gasteiger partial charge in [0, 0.05) is 19.0 Å². The van der Waals surface area contributed by atoms with Crippen LogP contribution >= 0.6 is 0 Å². The minimum atomic E-state index is -3.77. The van der Waals surface area contributed by atoms with E-state index in [1.165, 1.54) is 29.6 Å². The zero-order chi connectivity index (χ0) is 19.3. The highest BCUT2D eigenvalue weighted by Crippen LogP contribution is 2.30. The number of primary amides is 1. The molecule has 2 rings (SSSR count). The van der Waals surface area contributed by atoms with E-state index in [1.54, 1.807) is 6.92 Å². The minimum absolute atomic E-state index is 0.0163. The van der Waals surface area contributed by atoms with Crippen molar-refractivity contribution in [2.75, 3.05) is 32.1 Å². The summed E-state index contributed by atoms with van der Waals surface area (Å²) in [5.74, 6) is -0.407. The van der Waals surface area contributed by atoms with E-state index in [0.29, 0.717) is 18.6 Å². The number of hydrogen-bond donors (Lipinski definition) is 2. The van der Waals surface area contributed by atoms with E-state index in [4.69, 9.17) is 15.2 Å². The van der Waals surface area contributed by atoms with Crippen molar-refractivity contribution in [3.05, 3.63) is 18.2 Å². The van der Waals surface area contributed by atoms with E-state index >= 15 is 0 Å². The number of benzene rings is 1. The molecular formula is C16H23N3O6S. The molecule has 1 aliphatic rings. The maximum atomic E-state index is 12.9. The van der Waals surface area contributed by atoms with Crippen LogP contribution in [0.1, 0.15) is 19.8 Å². The number of nitrogens with zero attached hydrogens (tertiary/aromatic N) is 1. The fourth-order valence-corrected chi connectivity index (χ4v) is 4.25. The molecule has 1 aliphatic heterocycles. The van der Waals surface area contributed by atoms with Crippen LogP contribution in [0.15, 0.2) is 23.1 Å². The summed E-state index contributed by atoms with van der Waals surface area (Å²) < 4.78 is 37.0. The quantitative estimate of drug-likeness (QED) is 0.756. The predicted octanol–water partition coefficient (Wildman–Crippen LogP) is 1.15. The molecule has 0 spiro atoms. The van der Waals surface area contributed by atoms with Crippen molar-refractivity contribution in [2.24, 2.45) is 11.7 Å². The largest absolute Gasteiger partial charge is 0.495 e. The van der Waals surface area contributed by atoms with Crippen molar-refractivity contribution in [3.63, 3.8) is 0 Å². The molecule has 0 aliphatic carbocycles. The Bertz CT molecular complexity index is 772. The lowest BCUT2D eigenvalue weighted by molar-refractivity contribution is -0.122. The van der Waals surface area contributed by atoms with E-state index in [9.17, 15) is 18.0 Å². The van der Waals surface area contributed by atoms with Crippen molar-refractivity contribution < 1.29 is 27.5 Å². The van der Waals surface area contributed by atoms with Gasteiger partial charge in [0.05, 0.1) is 24.3 Å². The number of hydrogen-bond acceptors (Lipinski definition) is 6. The number of piperidine rings is 1. The SMILES string of the molecule is CCOC(=O)Nc1cc(S(=O)(=O)N2CCC(C(N)=O)CC2)ccc1OC. The van der Waals surface area contributed by atoms with Crippen LogP contribution < -0.4 is 15.8 Å². The summed E-state index contributed by atoms with van der Waals surface area (Å²) in [6, 6.07) is 4.19. The molecule has 26 heavy (non-hydrogen) atoms. The molecule has 0 bridgehead atoms. The van der Waals surface area contributed by atoms with Crippen molar-refractivity contribution in [1.82, 2.24) is 4.31 Å². The predicted molar refractivity (Wildman–Crippen MR) is 94.3 cm³/mol. The third kappa shape index (κ3) is 4.44. The Morgan fingerprint density at radius 3 is 2.50 bits per heavy atom. The molecule has 0 atom stereocenters. The van der Waals surface area contributed by atoms with Crippen LogP contribution in [0.4, 0.5) is 10.5 Å². The first-order valence-electron chi connectivity index (χ1n) is 8.20. The Kier molecular flexibility index (Phi) is 6.43. The lowest BCUT2D eigenvalue weighted by atomic mass is 9.98. The Balaban J connectivity index is 2.24.